The molecule has 144 valence electrons. The lowest BCUT2D eigenvalue weighted by atomic mass is 10.2. The molecule has 0 aliphatic carbocycles. The Kier molecular flexibility index (Phi) is 6.72. The molecule has 1 atom stereocenters. The molecule has 2 heterocycles. The second kappa shape index (κ2) is 9.21. The SMILES string of the molecule is CCNC(=NCc1ccc(OCC)c(F)c1)N1CCC(N2CCCC2)C1. The molecule has 26 heavy (non-hydrogen) atoms. The first kappa shape index (κ1) is 19.0. The van der Waals surface area contributed by atoms with E-state index in [1.165, 1.54) is 38.4 Å². The highest BCUT2D eigenvalue weighted by atomic mass is 19.1. The van der Waals surface area contributed by atoms with Crippen molar-refractivity contribution in [1.29, 1.82) is 0 Å². The number of likely N-dealkylation sites (tertiary alicyclic amines) is 2. The zero-order chi connectivity index (χ0) is 18.4. The van der Waals surface area contributed by atoms with Gasteiger partial charge in [0.2, 0.25) is 0 Å². The van der Waals surface area contributed by atoms with E-state index in [1.807, 2.05) is 13.0 Å². The number of benzene rings is 1. The van der Waals surface area contributed by atoms with Gasteiger partial charge < -0.3 is 15.0 Å². The summed E-state index contributed by atoms with van der Waals surface area (Å²) in [5.41, 5.74) is 0.858. The van der Waals surface area contributed by atoms with Crippen LogP contribution in [0.4, 0.5) is 4.39 Å². The largest absolute Gasteiger partial charge is 0.491 e. The quantitative estimate of drug-likeness (QED) is 0.624. The minimum Gasteiger partial charge on any atom is -0.491 e. The lowest BCUT2D eigenvalue weighted by molar-refractivity contribution is 0.249. The molecule has 0 spiro atoms. The number of rotatable bonds is 6. The molecule has 1 N–H and O–H groups in total. The van der Waals surface area contributed by atoms with Crippen LogP contribution < -0.4 is 10.1 Å². The molecule has 1 aromatic rings. The van der Waals surface area contributed by atoms with Crippen LogP contribution in [0.2, 0.25) is 0 Å². The fourth-order valence-corrected chi connectivity index (χ4v) is 3.85. The van der Waals surface area contributed by atoms with Gasteiger partial charge in [-0.15, -0.1) is 0 Å². The zero-order valence-electron chi connectivity index (χ0n) is 16.0. The van der Waals surface area contributed by atoms with E-state index >= 15 is 0 Å². The summed E-state index contributed by atoms with van der Waals surface area (Å²) in [4.78, 5) is 9.71. The van der Waals surface area contributed by atoms with Gasteiger partial charge in [0.1, 0.15) is 0 Å². The summed E-state index contributed by atoms with van der Waals surface area (Å²) in [6.45, 7) is 10.2. The van der Waals surface area contributed by atoms with Crippen molar-refractivity contribution < 1.29 is 9.13 Å². The van der Waals surface area contributed by atoms with Crippen LogP contribution >= 0.6 is 0 Å². The van der Waals surface area contributed by atoms with Crippen LogP contribution in [0.1, 0.15) is 38.7 Å². The number of nitrogens with zero attached hydrogens (tertiary/aromatic N) is 3. The van der Waals surface area contributed by atoms with Crippen molar-refractivity contribution >= 4 is 5.96 Å². The van der Waals surface area contributed by atoms with E-state index in [1.54, 1.807) is 6.07 Å². The third-order valence-electron chi connectivity index (χ3n) is 5.16. The summed E-state index contributed by atoms with van der Waals surface area (Å²) in [5.74, 6) is 0.920. The minimum atomic E-state index is -0.320. The second-order valence-corrected chi connectivity index (χ2v) is 7.00. The molecule has 2 aliphatic rings. The highest BCUT2D eigenvalue weighted by Crippen LogP contribution is 2.21. The van der Waals surface area contributed by atoms with E-state index in [0.29, 0.717) is 24.9 Å². The van der Waals surface area contributed by atoms with Crippen LogP contribution in [0.15, 0.2) is 23.2 Å². The Balaban J connectivity index is 1.63. The van der Waals surface area contributed by atoms with E-state index in [0.717, 1.165) is 31.2 Å². The number of guanidine groups is 1. The first-order valence-corrected chi connectivity index (χ1v) is 9.89. The summed E-state index contributed by atoms with van der Waals surface area (Å²) in [6.07, 6.45) is 3.85. The molecule has 1 aromatic carbocycles. The highest BCUT2D eigenvalue weighted by Gasteiger charge is 2.30. The monoisotopic (exact) mass is 362 g/mol. The Morgan fingerprint density at radius 3 is 2.77 bits per heavy atom. The molecular weight excluding hydrogens is 331 g/mol. The Labute approximate surface area is 156 Å². The fourth-order valence-electron chi connectivity index (χ4n) is 3.85. The van der Waals surface area contributed by atoms with E-state index in [9.17, 15) is 4.39 Å². The van der Waals surface area contributed by atoms with Crippen molar-refractivity contribution in [2.75, 3.05) is 39.3 Å². The van der Waals surface area contributed by atoms with Crippen molar-refractivity contribution in [2.24, 2.45) is 4.99 Å². The maximum Gasteiger partial charge on any atom is 0.194 e. The van der Waals surface area contributed by atoms with Gasteiger partial charge in [0.15, 0.2) is 17.5 Å². The molecule has 2 saturated heterocycles. The molecular formula is C20H31FN4O. The molecule has 2 fully saturated rings. The average Bonchev–Trinajstić information content (AvgIpc) is 3.32. The van der Waals surface area contributed by atoms with Gasteiger partial charge in [0.25, 0.3) is 0 Å². The average molecular weight is 362 g/mol. The third kappa shape index (κ3) is 4.67. The molecule has 5 nitrogen and oxygen atoms in total. The van der Waals surface area contributed by atoms with Crippen LogP contribution in [0.5, 0.6) is 5.75 Å². The van der Waals surface area contributed by atoms with Gasteiger partial charge in [-0.2, -0.15) is 0 Å². The van der Waals surface area contributed by atoms with E-state index in [2.05, 4.69) is 22.0 Å². The van der Waals surface area contributed by atoms with Gasteiger partial charge in [-0.3, -0.25) is 4.90 Å². The van der Waals surface area contributed by atoms with Gasteiger partial charge in [-0.25, -0.2) is 9.38 Å². The van der Waals surface area contributed by atoms with Crippen molar-refractivity contribution in [3.8, 4) is 5.75 Å². The molecule has 0 amide bonds. The van der Waals surface area contributed by atoms with Crippen LogP contribution in [0, 0.1) is 5.82 Å². The number of hydrogen-bond acceptors (Lipinski definition) is 3. The highest BCUT2D eigenvalue weighted by molar-refractivity contribution is 5.80. The molecule has 2 aliphatic heterocycles. The van der Waals surface area contributed by atoms with Gasteiger partial charge in [-0.1, -0.05) is 6.07 Å². The topological polar surface area (TPSA) is 40.1 Å². The van der Waals surface area contributed by atoms with Crippen LogP contribution in [-0.4, -0.2) is 61.1 Å². The number of hydrogen-bond donors (Lipinski definition) is 1. The normalized spacial score (nSPS) is 21.4. The second-order valence-electron chi connectivity index (χ2n) is 7.00. The Hall–Kier alpha value is -1.82. The maximum absolute atomic E-state index is 14.0. The third-order valence-corrected chi connectivity index (χ3v) is 5.16. The first-order valence-electron chi connectivity index (χ1n) is 9.89. The lowest BCUT2D eigenvalue weighted by Gasteiger charge is -2.25. The van der Waals surface area contributed by atoms with E-state index < -0.39 is 0 Å². The standard InChI is InChI=1S/C20H31FN4O/c1-3-22-20(25-12-9-17(15-25)24-10-5-6-11-24)23-14-16-7-8-19(26-4-2)18(21)13-16/h7-8,13,17H,3-6,9-12,14-15H2,1-2H3,(H,22,23). The molecule has 0 radical (unpaired) electrons. The number of nitrogens with one attached hydrogen (secondary N) is 1. The lowest BCUT2D eigenvalue weighted by Crippen LogP contribution is -2.42. The Morgan fingerprint density at radius 2 is 2.08 bits per heavy atom. The molecule has 0 bridgehead atoms. The predicted molar refractivity (Wildman–Crippen MR) is 103 cm³/mol. The number of aliphatic imine (C=N–C) groups is 1. The molecule has 3 rings (SSSR count). The summed E-state index contributed by atoms with van der Waals surface area (Å²) >= 11 is 0. The summed E-state index contributed by atoms with van der Waals surface area (Å²) < 4.78 is 19.3. The van der Waals surface area contributed by atoms with Crippen LogP contribution in [0.25, 0.3) is 0 Å². The van der Waals surface area contributed by atoms with Crippen molar-refractivity contribution in [3.05, 3.63) is 29.6 Å². The van der Waals surface area contributed by atoms with E-state index in [-0.39, 0.29) is 5.82 Å². The summed E-state index contributed by atoms with van der Waals surface area (Å²) in [7, 11) is 0. The van der Waals surface area contributed by atoms with Crippen molar-refractivity contribution in [3.63, 3.8) is 0 Å². The van der Waals surface area contributed by atoms with E-state index in [4.69, 9.17) is 9.73 Å². The van der Waals surface area contributed by atoms with Gasteiger partial charge >= 0.3 is 0 Å². The number of ether oxygens (including phenoxy) is 1. The predicted octanol–water partition coefficient (Wildman–Crippen LogP) is 2.86. The number of halogens is 1. The summed E-state index contributed by atoms with van der Waals surface area (Å²) in [6, 6.07) is 5.74. The smallest absolute Gasteiger partial charge is 0.194 e. The molecule has 6 heteroatoms. The minimum absolute atomic E-state index is 0.306. The van der Waals surface area contributed by atoms with Crippen LogP contribution in [0.3, 0.4) is 0 Å². The fraction of sp³-hybridized carbons (Fsp3) is 0.650. The first-order chi connectivity index (χ1) is 12.7. The van der Waals surface area contributed by atoms with Gasteiger partial charge in [0.05, 0.1) is 13.2 Å². The van der Waals surface area contributed by atoms with Crippen molar-refractivity contribution in [1.82, 2.24) is 15.1 Å². The van der Waals surface area contributed by atoms with Gasteiger partial charge in [-0.05, 0) is 63.9 Å². The molecule has 1 unspecified atom stereocenters. The Morgan fingerprint density at radius 1 is 1.27 bits per heavy atom. The summed E-state index contributed by atoms with van der Waals surface area (Å²) in [5, 5.41) is 3.39. The molecule has 0 aromatic heterocycles. The Bertz CT molecular complexity index is 616. The molecule has 0 saturated carbocycles. The zero-order valence-corrected chi connectivity index (χ0v) is 16.0. The van der Waals surface area contributed by atoms with Gasteiger partial charge in [0, 0.05) is 25.7 Å². The van der Waals surface area contributed by atoms with Crippen LogP contribution in [-0.2, 0) is 6.54 Å². The maximum atomic E-state index is 14.0. The van der Waals surface area contributed by atoms with Crippen molar-refractivity contribution in [2.45, 2.75) is 45.7 Å².